The quantitative estimate of drug-likeness (QED) is 0.170. The van der Waals surface area contributed by atoms with E-state index in [4.69, 9.17) is 0 Å². The highest BCUT2D eigenvalue weighted by molar-refractivity contribution is 6.12. The minimum atomic E-state index is -0.151. The number of anilines is 2. The van der Waals surface area contributed by atoms with Crippen molar-refractivity contribution in [3.05, 3.63) is 236 Å². The Bertz CT molecular complexity index is 3430. The van der Waals surface area contributed by atoms with Crippen LogP contribution < -0.4 is 5.32 Å². The molecule has 1 aliphatic rings. The van der Waals surface area contributed by atoms with E-state index in [1.54, 1.807) is 0 Å². The fourth-order valence-corrected chi connectivity index (χ4v) is 10.2. The molecular formula is C61H44N2. The van der Waals surface area contributed by atoms with Gasteiger partial charge in [0.05, 0.1) is 11.0 Å². The number of rotatable bonds is 7. The van der Waals surface area contributed by atoms with Crippen molar-refractivity contribution in [2.75, 3.05) is 5.32 Å². The van der Waals surface area contributed by atoms with Gasteiger partial charge in [-0.05, 0) is 133 Å². The van der Waals surface area contributed by atoms with E-state index in [0.717, 1.165) is 17.1 Å². The van der Waals surface area contributed by atoms with E-state index in [0.29, 0.717) is 0 Å². The molecule has 0 radical (unpaired) electrons. The Morgan fingerprint density at radius 1 is 0.349 bits per heavy atom. The highest BCUT2D eigenvalue weighted by Crippen LogP contribution is 2.52. The van der Waals surface area contributed by atoms with Crippen LogP contribution in [-0.2, 0) is 5.41 Å². The Morgan fingerprint density at radius 3 is 1.51 bits per heavy atom. The van der Waals surface area contributed by atoms with Crippen molar-refractivity contribution in [3.8, 4) is 61.3 Å². The molecule has 0 aliphatic heterocycles. The highest BCUT2D eigenvalue weighted by Gasteiger charge is 2.36. The number of nitrogens with zero attached hydrogens (tertiary/aromatic N) is 1. The van der Waals surface area contributed by atoms with Gasteiger partial charge in [-0.1, -0.05) is 178 Å². The highest BCUT2D eigenvalue weighted by atomic mass is 15.0. The largest absolute Gasteiger partial charge is 0.355 e. The zero-order chi connectivity index (χ0) is 42.1. The second-order valence-corrected chi connectivity index (χ2v) is 17.4. The molecule has 0 amide bonds. The Kier molecular flexibility index (Phi) is 8.55. The molecule has 1 heterocycles. The van der Waals surface area contributed by atoms with E-state index in [9.17, 15) is 0 Å². The van der Waals surface area contributed by atoms with Crippen molar-refractivity contribution < 1.29 is 0 Å². The van der Waals surface area contributed by atoms with E-state index >= 15 is 0 Å². The number of hydrogen-bond donors (Lipinski definition) is 1. The van der Waals surface area contributed by atoms with Crippen LogP contribution in [0.2, 0.25) is 0 Å². The molecule has 0 unspecified atom stereocenters. The standard InChI is InChI=1S/C61H44N2/c1-61(2)56-25-15-14-24-50(56)52-38-53(58(39-57(52)61)62-47-30-26-43(27-31-47)40-16-6-3-7-17-40)51-37-48(34-46-22-12-13-23-49(46)51)63-59-32-28-44(41-18-8-4-9-19-41)35-54(59)55-36-45(29-33-60(55)63)42-20-10-5-11-21-42/h3-39,62H,1-2H3. The van der Waals surface area contributed by atoms with Crippen LogP contribution in [0.3, 0.4) is 0 Å². The average molecular weight is 805 g/mol. The summed E-state index contributed by atoms with van der Waals surface area (Å²) >= 11 is 0. The second kappa shape index (κ2) is 14.6. The zero-order valence-corrected chi connectivity index (χ0v) is 35.3. The van der Waals surface area contributed by atoms with Gasteiger partial charge >= 0.3 is 0 Å². The molecule has 0 atom stereocenters. The van der Waals surface area contributed by atoms with Crippen LogP contribution >= 0.6 is 0 Å². The number of benzene rings is 10. The first-order chi connectivity index (χ1) is 31.0. The second-order valence-electron chi connectivity index (χ2n) is 17.4. The van der Waals surface area contributed by atoms with Gasteiger partial charge in [0, 0.05) is 38.8 Å². The van der Waals surface area contributed by atoms with Crippen molar-refractivity contribution in [1.29, 1.82) is 0 Å². The monoisotopic (exact) mass is 804 g/mol. The number of hydrogen-bond acceptors (Lipinski definition) is 1. The topological polar surface area (TPSA) is 17.0 Å². The van der Waals surface area contributed by atoms with Crippen LogP contribution in [0.15, 0.2) is 224 Å². The van der Waals surface area contributed by atoms with Gasteiger partial charge in [-0.15, -0.1) is 0 Å². The first kappa shape index (κ1) is 36.9. The number of nitrogens with one attached hydrogen (secondary N) is 1. The van der Waals surface area contributed by atoms with E-state index in [2.05, 4.69) is 248 Å². The third-order valence-electron chi connectivity index (χ3n) is 13.4. The summed E-state index contributed by atoms with van der Waals surface area (Å²) in [4.78, 5) is 0. The average Bonchev–Trinajstić information content (AvgIpc) is 3.78. The Balaban J connectivity index is 1.09. The summed E-state index contributed by atoms with van der Waals surface area (Å²) in [5.41, 5.74) is 20.4. The normalized spacial score (nSPS) is 12.7. The van der Waals surface area contributed by atoms with E-state index < -0.39 is 0 Å². The van der Waals surface area contributed by atoms with Crippen LogP contribution in [0.4, 0.5) is 11.4 Å². The predicted molar refractivity (Wildman–Crippen MR) is 267 cm³/mol. The smallest absolute Gasteiger partial charge is 0.0541 e. The molecule has 2 heteroatoms. The molecule has 0 saturated heterocycles. The summed E-state index contributed by atoms with van der Waals surface area (Å²) in [7, 11) is 0. The third-order valence-corrected chi connectivity index (χ3v) is 13.4. The minimum absolute atomic E-state index is 0.151. The van der Waals surface area contributed by atoms with Crippen molar-refractivity contribution in [2.45, 2.75) is 19.3 Å². The molecule has 63 heavy (non-hydrogen) atoms. The molecule has 0 saturated carbocycles. The summed E-state index contributed by atoms with van der Waals surface area (Å²) in [5, 5.41) is 8.84. The van der Waals surface area contributed by atoms with Crippen LogP contribution in [0.1, 0.15) is 25.0 Å². The van der Waals surface area contributed by atoms with E-state index in [1.165, 1.54) is 99.3 Å². The van der Waals surface area contributed by atoms with E-state index in [-0.39, 0.29) is 5.41 Å². The SMILES string of the molecule is CC1(C)c2ccccc2-c2cc(-c3cc(-n4c5ccc(-c6ccccc6)cc5c5cc(-c6ccccc6)ccc54)cc4ccccc34)c(Nc3ccc(-c4ccccc4)cc3)cc21. The van der Waals surface area contributed by atoms with Gasteiger partial charge in [-0.3, -0.25) is 0 Å². The summed E-state index contributed by atoms with van der Waals surface area (Å²) in [5.74, 6) is 0. The maximum Gasteiger partial charge on any atom is 0.0541 e. The molecule has 1 N–H and O–H groups in total. The van der Waals surface area contributed by atoms with Crippen LogP contribution in [-0.4, -0.2) is 4.57 Å². The molecule has 1 aromatic heterocycles. The maximum absolute atomic E-state index is 3.96. The van der Waals surface area contributed by atoms with Crippen LogP contribution in [0, 0.1) is 0 Å². The predicted octanol–water partition coefficient (Wildman–Crippen LogP) is 16.7. The lowest BCUT2D eigenvalue weighted by molar-refractivity contribution is 0.660. The minimum Gasteiger partial charge on any atom is -0.355 e. The van der Waals surface area contributed by atoms with Crippen molar-refractivity contribution in [3.63, 3.8) is 0 Å². The lowest BCUT2D eigenvalue weighted by Gasteiger charge is -2.24. The molecule has 1 aliphatic carbocycles. The van der Waals surface area contributed by atoms with Gasteiger partial charge in [0.2, 0.25) is 0 Å². The molecule has 12 rings (SSSR count). The van der Waals surface area contributed by atoms with Crippen LogP contribution in [0.5, 0.6) is 0 Å². The van der Waals surface area contributed by atoms with Crippen molar-refractivity contribution >= 4 is 44.0 Å². The summed E-state index contributed by atoms with van der Waals surface area (Å²) in [6, 6.07) is 82.3. The van der Waals surface area contributed by atoms with E-state index in [1.807, 2.05) is 0 Å². The van der Waals surface area contributed by atoms with Gasteiger partial charge in [0.25, 0.3) is 0 Å². The Labute approximate surface area is 368 Å². The zero-order valence-electron chi connectivity index (χ0n) is 35.3. The van der Waals surface area contributed by atoms with Crippen molar-refractivity contribution in [1.82, 2.24) is 4.57 Å². The maximum atomic E-state index is 3.96. The molecule has 0 bridgehead atoms. The van der Waals surface area contributed by atoms with Gasteiger partial charge < -0.3 is 9.88 Å². The molecule has 11 aromatic rings. The lowest BCUT2D eigenvalue weighted by atomic mass is 9.81. The van der Waals surface area contributed by atoms with Gasteiger partial charge in [-0.25, -0.2) is 0 Å². The van der Waals surface area contributed by atoms with Crippen molar-refractivity contribution in [2.24, 2.45) is 0 Å². The molecule has 2 nitrogen and oxygen atoms in total. The van der Waals surface area contributed by atoms with Gasteiger partial charge in [0.15, 0.2) is 0 Å². The van der Waals surface area contributed by atoms with Gasteiger partial charge in [0.1, 0.15) is 0 Å². The summed E-state index contributed by atoms with van der Waals surface area (Å²) in [6.07, 6.45) is 0. The first-order valence-electron chi connectivity index (χ1n) is 21.9. The first-order valence-corrected chi connectivity index (χ1v) is 21.9. The molecule has 0 spiro atoms. The fourth-order valence-electron chi connectivity index (χ4n) is 10.2. The van der Waals surface area contributed by atoms with Gasteiger partial charge in [-0.2, -0.15) is 0 Å². The molecule has 10 aromatic carbocycles. The summed E-state index contributed by atoms with van der Waals surface area (Å²) < 4.78 is 2.48. The molecule has 0 fully saturated rings. The van der Waals surface area contributed by atoms with Crippen LogP contribution in [0.25, 0.3) is 93.9 Å². The third kappa shape index (κ3) is 6.17. The molecule has 298 valence electrons. The summed E-state index contributed by atoms with van der Waals surface area (Å²) in [6.45, 7) is 4.72. The Hall–Kier alpha value is -7.94. The fraction of sp³-hybridized carbons (Fsp3) is 0.0492. The lowest BCUT2D eigenvalue weighted by Crippen LogP contribution is -2.15. The Morgan fingerprint density at radius 2 is 0.873 bits per heavy atom. The molecular weight excluding hydrogens is 761 g/mol. The number of aromatic nitrogens is 1. The number of fused-ring (bicyclic) bond motifs is 7.